The van der Waals surface area contributed by atoms with Crippen molar-refractivity contribution in [3.8, 4) is 11.3 Å². The summed E-state index contributed by atoms with van der Waals surface area (Å²) in [5.41, 5.74) is 1.84. The standard InChI is InChI=1S/C19H21FN4O/c1-12(2)24-17(20)14-15(13-8-4-3-5-9-13)21-19(22-16(14)18(24)25)23-10-6-7-11-23/h3-5,8-9,12,17H,6-7,10-11H2,1-2H3. The molecule has 130 valence electrons. The number of benzene rings is 1. The lowest BCUT2D eigenvalue weighted by molar-refractivity contribution is 0.0437. The summed E-state index contributed by atoms with van der Waals surface area (Å²) in [6.45, 7) is 5.36. The number of amides is 1. The number of halogens is 1. The topological polar surface area (TPSA) is 49.3 Å². The largest absolute Gasteiger partial charge is 0.341 e. The van der Waals surface area contributed by atoms with Gasteiger partial charge in [0.2, 0.25) is 12.2 Å². The van der Waals surface area contributed by atoms with E-state index in [4.69, 9.17) is 0 Å². The van der Waals surface area contributed by atoms with E-state index in [0.29, 0.717) is 17.2 Å². The lowest BCUT2D eigenvalue weighted by Gasteiger charge is -2.23. The highest BCUT2D eigenvalue weighted by Gasteiger charge is 2.43. The fourth-order valence-electron chi connectivity index (χ4n) is 3.58. The van der Waals surface area contributed by atoms with Crippen LogP contribution < -0.4 is 4.90 Å². The van der Waals surface area contributed by atoms with Crippen molar-refractivity contribution < 1.29 is 9.18 Å². The molecule has 4 rings (SSSR count). The molecule has 1 atom stereocenters. The Hall–Kier alpha value is -2.50. The second kappa shape index (κ2) is 6.10. The molecule has 1 amide bonds. The zero-order chi connectivity index (χ0) is 17.6. The van der Waals surface area contributed by atoms with Crippen LogP contribution >= 0.6 is 0 Å². The Morgan fingerprint density at radius 3 is 2.36 bits per heavy atom. The Bertz CT molecular complexity index is 803. The quantitative estimate of drug-likeness (QED) is 0.802. The second-order valence-corrected chi connectivity index (χ2v) is 6.84. The van der Waals surface area contributed by atoms with Crippen LogP contribution in [0.15, 0.2) is 30.3 Å². The predicted molar refractivity (Wildman–Crippen MR) is 94.1 cm³/mol. The van der Waals surface area contributed by atoms with Crippen molar-refractivity contribution in [2.24, 2.45) is 0 Å². The molecule has 5 nitrogen and oxygen atoms in total. The Balaban J connectivity index is 1.91. The molecule has 0 aliphatic carbocycles. The molecule has 2 aliphatic heterocycles. The number of aromatic nitrogens is 2. The molecule has 0 radical (unpaired) electrons. The second-order valence-electron chi connectivity index (χ2n) is 6.84. The number of anilines is 1. The van der Waals surface area contributed by atoms with Gasteiger partial charge in [-0.05, 0) is 26.7 Å². The number of rotatable bonds is 3. The fourth-order valence-corrected chi connectivity index (χ4v) is 3.58. The van der Waals surface area contributed by atoms with Crippen LogP contribution in [0, 0.1) is 0 Å². The normalized spacial score (nSPS) is 19.8. The highest BCUT2D eigenvalue weighted by Crippen LogP contribution is 2.41. The SMILES string of the molecule is CC(C)N1C(=O)c2nc(N3CCCC3)nc(-c3ccccc3)c2C1F. The third kappa shape index (κ3) is 2.56. The van der Waals surface area contributed by atoms with Crippen molar-refractivity contribution in [1.29, 1.82) is 0 Å². The number of fused-ring (bicyclic) bond motifs is 1. The number of hydrogen-bond donors (Lipinski definition) is 0. The summed E-state index contributed by atoms with van der Waals surface area (Å²) >= 11 is 0. The van der Waals surface area contributed by atoms with Gasteiger partial charge >= 0.3 is 0 Å². The van der Waals surface area contributed by atoms with Gasteiger partial charge in [0.05, 0.1) is 11.3 Å². The molecular formula is C19H21FN4O. The molecule has 6 heteroatoms. The third-order valence-corrected chi connectivity index (χ3v) is 4.85. The summed E-state index contributed by atoms with van der Waals surface area (Å²) < 4.78 is 15.1. The molecule has 1 aromatic heterocycles. The summed E-state index contributed by atoms with van der Waals surface area (Å²) in [4.78, 5) is 25.2. The number of hydrogen-bond acceptors (Lipinski definition) is 4. The number of carbonyl (C=O) groups excluding carboxylic acids is 1. The van der Waals surface area contributed by atoms with Crippen molar-refractivity contribution in [2.45, 2.75) is 39.0 Å². The molecule has 25 heavy (non-hydrogen) atoms. The van der Waals surface area contributed by atoms with Crippen LogP contribution in [-0.4, -0.2) is 39.9 Å². The van der Waals surface area contributed by atoms with E-state index in [-0.39, 0.29) is 17.6 Å². The third-order valence-electron chi connectivity index (χ3n) is 4.85. The summed E-state index contributed by atoms with van der Waals surface area (Å²) in [5.74, 6) is 0.179. The van der Waals surface area contributed by atoms with Gasteiger partial charge in [0.15, 0.2) is 0 Å². The first-order chi connectivity index (χ1) is 12.1. The first-order valence-electron chi connectivity index (χ1n) is 8.77. The molecule has 0 bridgehead atoms. The lowest BCUT2D eigenvalue weighted by atomic mass is 10.1. The van der Waals surface area contributed by atoms with Gasteiger partial charge in [0, 0.05) is 24.7 Å². The number of nitrogens with zero attached hydrogens (tertiary/aromatic N) is 4. The van der Waals surface area contributed by atoms with Crippen molar-refractivity contribution in [1.82, 2.24) is 14.9 Å². The molecule has 2 aliphatic rings. The Morgan fingerprint density at radius 1 is 1.08 bits per heavy atom. The van der Waals surface area contributed by atoms with Crippen molar-refractivity contribution in [2.75, 3.05) is 18.0 Å². The van der Waals surface area contributed by atoms with Gasteiger partial charge in [-0.15, -0.1) is 0 Å². The highest BCUT2D eigenvalue weighted by atomic mass is 19.1. The Morgan fingerprint density at radius 2 is 1.72 bits per heavy atom. The Labute approximate surface area is 146 Å². The zero-order valence-corrected chi connectivity index (χ0v) is 14.4. The molecular weight excluding hydrogens is 319 g/mol. The van der Waals surface area contributed by atoms with E-state index in [2.05, 4.69) is 14.9 Å². The number of alkyl halides is 1. The van der Waals surface area contributed by atoms with Gasteiger partial charge in [-0.2, -0.15) is 0 Å². The van der Waals surface area contributed by atoms with Crippen LogP contribution in [0.3, 0.4) is 0 Å². The molecule has 3 heterocycles. The predicted octanol–water partition coefficient (Wildman–Crippen LogP) is 3.58. The van der Waals surface area contributed by atoms with E-state index in [1.54, 1.807) is 0 Å². The average molecular weight is 340 g/mol. The molecule has 1 aromatic carbocycles. The molecule has 0 N–H and O–H groups in total. The van der Waals surface area contributed by atoms with Crippen LogP contribution in [0.1, 0.15) is 49.0 Å². The maximum Gasteiger partial charge on any atom is 0.275 e. The average Bonchev–Trinajstić information content (AvgIpc) is 3.23. The van der Waals surface area contributed by atoms with E-state index in [0.717, 1.165) is 31.5 Å². The van der Waals surface area contributed by atoms with E-state index in [9.17, 15) is 4.79 Å². The van der Waals surface area contributed by atoms with Gasteiger partial charge in [0.25, 0.3) is 5.91 Å². The van der Waals surface area contributed by atoms with E-state index < -0.39 is 6.30 Å². The maximum atomic E-state index is 15.1. The van der Waals surface area contributed by atoms with Gasteiger partial charge in [-0.1, -0.05) is 30.3 Å². The first kappa shape index (κ1) is 16.0. The summed E-state index contributed by atoms with van der Waals surface area (Å²) in [6.07, 6.45) is 0.656. The van der Waals surface area contributed by atoms with Gasteiger partial charge in [0.1, 0.15) is 5.69 Å². The van der Waals surface area contributed by atoms with Crippen LogP contribution in [-0.2, 0) is 0 Å². The molecule has 0 saturated carbocycles. The van der Waals surface area contributed by atoms with Crippen LogP contribution in [0.2, 0.25) is 0 Å². The van der Waals surface area contributed by atoms with Crippen LogP contribution in [0.4, 0.5) is 10.3 Å². The summed E-state index contributed by atoms with van der Waals surface area (Å²) in [6, 6.07) is 9.24. The smallest absolute Gasteiger partial charge is 0.275 e. The van der Waals surface area contributed by atoms with Crippen LogP contribution in [0.25, 0.3) is 11.3 Å². The van der Waals surface area contributed by atoms with E-state index in [1.807, 2.05) is 44.2 Å². The number of carbonyl (C=O) groups is 1. The van der Waals surface area contributed by atoms with Crippen molar-refractivity contribution >= 4 is 11.9 Å². The van der Waals surface area contributed by atoms with Gasteiger partial charge in [-0.3, -0.25) is 4.79 Å². The van der Waals surface area contributed by atoms with Gasteiger partial charge < -0.3 is 9.80 Å². The van der Waals surface area contributed by atoms with Gasteiger partial charge in [-0.25, -0.2) is 14.4 Å². The Kier molecular flexibility index (Phi) is 3.90. The monoisotopic (exact) mass is 340 g/mol. The minimum atomic E-state index is -1.51. The first-order valence-corrected chi connectivity index (χ1v) is 8.77. The molecule has 1 unspecified atom stereocenters. The van der Waals surface area contributed by atoms with Crippen LogP contribution in [0.5, 0.6) is 0 Å². The maximum absolute atomic E-state index is 15.1. The summed E-state index contributed by atoms with van der Waals surface area (Å²) in [7, 11) is 0. The molecule has 1 saturated heterocycles. The molecule has 1 fully saturated rings. The minimum Gasteiger partial charge on any atom is -0.341 e. The van der Waals surface area contributed by atoms with Crippen molar-refractivity contribution in [3.63, 3.8) is 0 Å². The fraction of sp³-hybridized carbons (Fsp3) is 0.421. The molecule has 0 spiro atoms. The van der Waals surface area contributed by atoms with E-state index in [1.165, 1.54) is 4.90 Å². The summed E-state index contributed by atoms with van der Waals surface area (Å²) in [5, 5.41) is 0. The lowest BCUT2D eigenvalue weighted by Crippen LogP contribution is -2.33. The highest BCUT2D eigenvalue weighted by molar-refractivity contribution is 5.99. The molecule has 2 aromatic rings. The van der Waals surface area contributed by atoms with Crippen molar-refractivity contribution in [3.05, 3.63) is 41.6 Å². The zero-order valence-electron chi connectivity index (χ0n) is 14.4. The minimum absolute atomic E-state index is 0.206. The van der Waals surface area contributed by atoms with E-state index >= 15 is 4.39 Å².